The largest absolute Gasteiger partial charge is 0.352 e. The van der Waals surface area contributed by atoms with Gasteiger partial charge < -0.3 is 5.32 Å². The van der Waals surface area contributed by atoms with Gasteiger partial charge in [-0.3, -0.25) is 9.69 Å². The molecule has 0 aromatic rings. The average molecular weight is 209 g/mol. The Morgan fingerprint density at radius 3 is 2.53 bits per heavy atom. The van der Waals surface area contributed by atoms with Gasteiger partial charge in [-0.05, 0) is 33.6 Å². The average Bonchev–Trinajstić information content (AvgIpc) is 2.96. The van der Waals surface area contributed by atoms with Crippen LogP contribution in [0.3, 0.4) is 0 Å². The lowest BCUT2D eigenvalue weighted by atomic mass is 10.2. The minimum absolute atomic E-state index is 0.0430. The van der Waals surface area contributed by atoms with Crippen molar-refractivity contribution in [2.75, 3.05) is 6.54 Å². The predicted octanol–water partition coefficient (Wildman–Crippen LogP) is 0.887. The molecule has 15 heavy (non-hydrogen) atoms. The van der Waals surface area contributed by atoms with Gasteiger partial charge in [0.25, 0.3) is 0 Å². The lowest BCUT2D eigenvalue weighted by Gasteiger charge is -2.29. The SMILES string of the molecule is CC(C)N(CC#N)C(C)C(=O)NC1CC1. The first kappa shape index (κ1) is 12.0. The first-order valence-electron chi connectivity index (χ1n) is 5.49. The molecule has 1 N–H and O–H groups in total. The highest BCUT2D eigenvalue weighted by atomic mass is 16.2. The third-order valence-electron chi connectivity index (χ3n) is 2.72. The molecule has 0 aliphatic heterocycles. The number of nitrogens with one attached hydrogen (secondary N) is 1. The Bertz CT molecular complexity index is 265. The third-order valence-corrected chi connectivity index (χ3v) is 2.72. The molecule has 0 heterocycles. The van der Waals surface area contributed by atoms with Crippen LogP contribution < -0.4 is 5.32 Å². The Hall–Kier alpha value is -1.08. The summed E-state index contributed by atoms with van der Waals surface area (Å²) in [5.74, 6) is 0.0430. The maximum Gasteiger partial charge on any atom is 0.237 e. The summed E-state index contributed by atoms with van der Waals surface area (Å²) in [6.45, 7) is 6.16. The van der Waals surface area contributed by atoms with Gasteiger partial charge in [-0.15, -0.1) is 0 Å². The zero-order valence-corrected chi connectivity index (χ0v) is 9.66. The molecule has 0 radical (unpaired) electrons. The van der Waals surface area contributed by atoms with Crippen LogP contribution in [0.5, 0.6) is 0 Å². The van der Waals surface area contributed by atoms with E-state index in [1.165, 1.54) is 0 Å². The van der Waals surface area contributed by atoms with Crippen molar-refractivity contribution < 1.29 is 4.79 Å². The molecule has 0 spiro atoms. The molecule has 0 aromatic carbocycles. The topological polar surface area (TPSA) is 56.1 Å². The van der Waals surface area contributed by atoms with Crippen LogP contribution in [0, 0.1) is 11.3 Å². The molecule has 1 aliphatic rings. The van der Waals surface area contributed by atoms with Crippen LogP contribution in [0.4, 0.5) is 0 Å². The molecule has 1 fully saturated rings. The van der Waals surface area contributed by atoms with Crippen LogP contribution in [-0.4, -0.2) is 35.5 Å². The van der Waals surface area contributed by atoms with E-state index in [4.69, 9.17) is 5.26 Å². The zero-order valence-electron chi connectivity index (χ0n) is 9.66. The predicted molar refractivity (Wildman–Crippen MR) is 58.1 cm³/mol. The van der Waals surface area contributed by atoms with E-state index in [0.29, 0.717) is 12.6 Å². The van der Waals surface area contributed by atoms with E-state index in [9.17, 15) is 4.79 Å². The van der Waals surface area contributed by atoms with Crippen molar-refractivity contribution in [1.29, 1.82) is 5.26 Å². The summed E-state index contributed by atoms with van der Waals surface area (Å²) in [5, 5.41) is 11.6. The highest BCUT2D eigenvalue weighted by Crippen LogP contribution is 2.19. The maximum absolute atomic E-state index is 11.8. The van der Waals surface area contributed by atoms with Gasteiger partial charge >= 0.3 is 0 Å². The van der Waals surface area contributed by atoms with Crippen molar-refractivity contribution in [3.05, 3.63) is 0 Å². The highest BCUT2D eigenvalue weighted by molar-refractivity contribution is 5.81. The summed E-state index contributed by atoms with van der Waals surface area (Å²) < 4.78 is 0. The Kier molecular flexibility index (Phi) is 4.10. The number of nitriles is 1. The Morgan fingerprint density at radius 2 is 2.13 bits per heavy atom. The lowest BCUT2D eigenvalue weighted by molar-refractivity contribution is -0.126. The Labute approximate surface area is 91.2 Å². The van der Waals surface area contributed by atoms with E-state index in [-0.39, 0.29) is 18.0 Å². The number of amides is 1. The van der Waals surface area contributed by atoms with Crippen LogP contribution in [-0.2, 0) is 4.79 Å². The molecule has 1 amide bonds. The first-order valence-corrected chi connectivity index (χ1v) is 5.49. The van der Waals surface area contributed by atoms with E-state index in [1.807, 2.05) is 25.7 Å². The Morgan fingerprint density at radius 1 is 1.53 bits per heavy atom. The summed E-state index contributed by atoms with van der Waals surface area (Å²) in [6.07, 6.45) is 2.19. The van der Waals surface area contributed by atoms with E-state index in [0.717, 1.165) is 12.8 Å². The number of hydrogen-bond acceptors (Lipinski definition) is 3. The van der Waals surface area contributed by atoms with Gasteiger partial charge in [-0.2, -0.15) is 5.26 Å². The maximum atomic E-state index is 11.8. The molecule has 1 atom stereocenters. The van der Waals surface area contributed by atoms with Gasteiger partial charge in [0.2, 0.25) is 5.91 Å². The molecule has 1 unspecified atom stereocenters. The number of nitrogens with zero attached hydrogens (tertiary/aromatic N) is 2. The van der Waals surface area contributed by atoms with Gasteiger partial charge in [0.1, 0.15) is 0 Å². The summed E-state index contributed by atoms with van der Waals surface area (Å²) in [6, 6.07) is 2.48. The first-order chi connectivity index (χ1) is 7.06. The van der Waals surface area contributed by atoms with Crippen LogP contribution in [0.15, 0.2) is 0 Å². The quantitative estimate of drug-likeness (QED) is 0.684. The van der Waals surface area contributed by atoms with Gasteiger partial charge in [0.15, 0.2) is 0 Å². The second-order valence-corrected chi connectivity index (χ2v) is 4.38. The van der Waals surface area contributed by atoms with E-state index in [1.54, 1.807) is 0 Å². The van der Waals surface area contributed by atoms with Crippen LogP contribution in [0.1, 0.15) is 33.6 Å². The smallest absolute Gasteiger partial charge is 0.237 e. The number of carbonyl (C=O) groups is 1. The van der Waals surface area contributed by atoms with Gasteiger partial charge in [-0.25, -0.2) is 0 Å². The summed E-state index contributed by atoms with van der Waals surface area (Å²) in [7, 11) is 0. The molecule has 4 nitrogen and oxygen atoms in total. The molecule has 0 saturated heterocycles. The minimum Gasteiger partial charge on any atom is -0.352 e. The second-order valence-electron chi connectivity index (χ2n) is 4.38. The number of carbonyl (C=O) groups excluding carboxylic acids is 1. The normalized spacial score (nSPS) is 17.6. The highest BCUT2D eigenvalue weighted by Gasteiger charge is 2.29. The summed E-state index contributed by atoms with van der Waals surface area (Å²) in [5.41, 5.74) is 0. The van der Waals surface area contributed by atoms with Crippen molar-refractivity contribution in [3.8, 4) is 6.07 Å². The molecule has 0 bridgehead atoms. The molecule has 1 rings (SSSR count). The fourth-order valence-corrected chi connectivity index (χ4v) is 1.55. The Balaban J connectivity index is 2.49. The lowest BCUT2D eigenvalue weighted by Crippen LogP contribution is -2.48. The molecular weight excluding hydrogens is 190 g/mol. The number of hydrogen-bond donors (Lipinski definition) is 1. The fraction of sp³-hybridized carbons (Fsp3) is 0.818. The third kappa shape index (κ3) is 3.52. The summed E-state index contributed by atoms with van der Waals surface area (Å²) in [4.78, 5) is 13.7. The number of rotatable bonds is 5. The van der Waals surface area contributed by atoms with Crippen molar-refractivity contribution in [1.82, 2.24) is 10.2 Å². The fourth-order valence-electron chi connectivity index (χ4n) is 1.55. The van der Waals surface area contributed by atoms with E-state index < -0.39 is 0 Å². The van der Waals surface area contributed by atoms with Crippen molar-refractivity contribution in [2.24, 2.45) is 0 Å². The molecule has 84 valence electrons. The van der Waals surface area contributed by atoms with Crippen LogP contribution in [0.2, 0.25) is 0 Å². The molecule has 1 aliphatic carbocycles. The van der Waals surface area contributed by atoms with Crippen molar-refractivity contribution >= 4 is 5.91 Å². The summed E-state index contributed by atoms with van der Waals surface area (Å²) >= 11 is 0. The van der Waals surface area contributed by atoms with Crippen molar-refractivity contribution in [3.63, 3.8) is 0 Å². The molecular formula is C11H19N3O. The second kappa shape index (κ2) is 5.13. The monoisotopic (exact) mass is 209 g/mol. The van der Waals surface area contributed by atoms with Gasteiger partial charge in [0, 0.05) is 12.1 Å². The van der Waals surface area contributed by atoms with Crippen molar-refractivity contribution in [2.45, 2.75) is 51.7 Å². The standard InChI is InChI=1S/C11H19N3O/c1-8(2)14(7-6-12)9(3)11(15)13-10-4-5-10/h8-10H,4-5,7H2,1-3H3,(H,13,15). The molecule has 1 saturated carbocycles. The van der Waals surface area contributed by atoms with Crippen LogP contribution >= 0.6 is 0 Å². The molecule has 4 heteroatoms. The van der Waals surface area contributed by atoms with Gasteiger partial charge in [0.05, 0.1) is 18.7 Å². The van der Waals surface area contributed by atoms with E-state index in [2.05, 4.69) is 11.4 Å². The zero-order chi connectivity index (χ0) is 11.4. The minimum atomic E-state index is -0.217. The van der Waals surface area contributed by atoms with E-state index >= 15 is 0 Å². The van der Waals surface area contributed by atoms with Gasteiger partial charge in [-0.1, -0.05) is 0 Å². The van der Waals surface area contributed by atoms with Crippen LogP contribution in [0.25, 0.3) is 0 Å². The molecule has 0 aromatic heterocycles.